The molecular weight excluding hydrogens is 475 g/mol. The number of fused-ring (bicyclic) bond motifs is 1. The van der Waals surface area contributed by atoms with Gasteiger partial charge in [0.15, 0.2) is 0 Å². The van der Waals surface area contributed by atoms with Crippen LogP contribution in [0, 0.1) is 17.3 Å². The average Bonchev–Trinajstić information content (AvgIpc) is 3.46. The molecule has 2 aliphatic heterocycles. The highest BCUT2D eigenvalue weighted by Crippen LogP contribution is 2.49. The molecule has 204 valence electrons. The summed E-state index contributed by atoms with van der Waals surface area (Å²) in [6.45, 7) is 5.83. The number of nitrogens with one attached hydrogen (secondary N) is 1. The molecule has 7 nitrogen and oxygen atoms in total. The first kappa shape index (κ1) is 27.9. The molecule has 3 N–H and O–H groups in total. The van der Waals surface area contributed by atoms with E-state index in [1.54, 1.807) is 24.4 Å². The second-order valence-electron chi connectivity index (χ2n) is 11.5. The zero-order chi connectivity index (χ0) is 26.8. The van der Waals surface area contributed by atoms with Crippen molar-refractivity contribution in [1.82, 2.24) is 10.3 Å². The van der Waals surface area contributed by atoms with Gasteiger partial charge < -0.3 is 20.3 Å². The minimum absolute atomic E-state index is 0.0910. The van der Waals surface area contributed by atoms with E-state index in [1.807, 2.05) is 20.8 Å². The van der Waals surface area contributed by atoms with Crippen LogP contribution in [0.25, 0.3) is 6.08 Å². The van der Waals surface area contributed by atoms with E-state index < -0.39 is 46.9 Å². The van der Waals surface area contributed by atoms with E-state index in [9.17, 15) is 19.8 Å². The van der Waals surface area contributed by atoms with Crippen LogP contribution in [0.5, 0.6) is 0 Å². The summed E-state index contributed by atoms with van der Waals surface area (Å²) in [7, 11) is 0. The number of nitrogens with zero attached hydrogens (tertiary/aromatic N) is 1. The lowest BCUT2D eigenvalue weighted by Crippen LogP contribution is -2.54. The molecule has 1 aromatic rings. The number of ether oxygens (including phenoxy) is 1. The third-order valence-electron chi connectivity index (χ3n) is 8.98. The zero-order valence-corrected chi connectivity index (χ0v) is 22.2. The van der Waals surface area contributed by atoms with Gasteiger partial charge in [-0.05, 0) is 63.2 Å². The molecule has 1 aliphatic carbocycles. The summed E-state index contributed by atoms with van der Waals surface area (Å²) in [5.74, 6) is -1.88. The number of halogens is 1. The molecule has 3 aliphatic rings. The first-order chi connectivity index (χ1) is 17.6. The molecule has 0 bridgehead atoms. The Morgan fingerprint density at radius 3 is 2.62 bits per heavy atom. The molecule has 7 atom stereocenters. The number of aromatic nitrogens is 1. The number of hydrogen-bond donors (Lipinski definition) is 3. The maximum Gasteiger partial charge on any atom is 0.223 e. The third kappa shape index (κ3) is 5.96. The Kier molecular flexibility index (Phi) is 8.51. The number of carbonyl (C=O) groups excluding carboxylic acids is 2. The minimum Gasteiger partial charge on any atom is -0.392 e. The molecule has 3 heterocycles. The van der Waals surface area contributed by atoms with Gasteiger partial charge in [0.2, 0.25) is 5.91 Å². The number of carbonyl (C=O) groups is 2. The Balaban J connectivity index is 1.60. The van der Waals surface area contributed by atoms with Gasteiger partial charge in [-0.2, -0.15) is 0 Å². The van der Waals surface area contributed by atoms with E-state index in [0.717, 1.165) is 25.7 Å². The molecule has 3 fully saturated rings. The highest BCUT2D eigenvalue weighted by molar-refractivity contribution is 5.90. The molecule has 0 aromatic carbocycles. The summed E-state index contributed by atoms with van der Waals surface area (Å²) < 4.78 is 21.4. The Hall–Kier alpha value is -2.16. The summed E-state index contributed by atoms with van der Waals surface area (Å²) in [6, 6.07) is 4.26. The Morgan fingerprint density at radius 1 is 1.24 bits per heavy atom. The molecule has 1 amide bonds. The fourth-order valence-electron chi connectivity index (χ4n) is 6.19. The van der Waals surface area contributed by atoms with Gasteiger partial charge in [0.25, 0.3) is 0 Å². The molecule has 4 rings (SSSR count). The smallest absolute Gasteiger partial charge is 0.223 e. The molecule has 0 radical (unpaired) electrons. The second-order valence-corrected chi connectivity index (χ2v) is 11.5. The molecule has 2 saturated heterocycles. The van der Waals surface area contributed by atoms with Crippen LogP contribution in [0.4, 0.5) is 4.39 Å². The van der Waals surface area contributed by atoms with Crippen LogP contribution in [0.1, 0.15) is 84.3 Å². The van der Waals surface area contributed by atoms with Crippen molar-refractivity contribution in [2.45, 2.75) is 109 Å². The largest absolute Gasteiger partial charge is 0.392 e. The van der Waals surface area contributed by atoms with Crippen LogP contribution < -0.4 is 5.32 Å². The number of rotatable bonds is 3. The van der Waals surface area contributed by atoms with Crippen molar-refractivity contribution in [2.24, 2.45) is 17.3 Å². The van der Waals surface area contributed by atoms with Crippen LogP contribution in [0.15, 0.2) is 30.2 Å². The van der Waals surface area contributed by atoms with Crippen molar-refractivity contribution in [2.75, 3.05) is 0 Å². The van der Waals surface area contributed by atoms with Crippen LogP contribution in [-0.2, 0) is 14.3 Å². The van der Waals surface area contributed by atoms with E-state index in [4.69, 9.17) is 4.74 Å². The summed E-state index contributed by atoms with van der Waals surface area (Å²) in [4.78, 5) is 30.9. The van der Waals surface area contributed by atoms with Gasteiger partial charge in [-0.25, -0.2) is 4.39 Å². The Bertz CT molecular complexity index is 997. The van der Waals surface area contributed by atoms with E-state index in [-0.39, 0.29) is 30.6 Å². The number of pyridine rings is 1. The predicted octanol–water partition coefficient (Wildman–Crippen LogP) is 4.12. The number of Topliss-reactive ketones (excluding diaryl/α,β-unsaturated/α-hetero) is 1. The average molecular weight is 517 g/mol. The molecule has 8 heteroatoms. The van der Waals surface area contributed by atoms with Crippen LogP contribution in [-0.4, -0.2) is 56.8 Å². The maximum atomic E-state index is 15.4. The second kappa shape index (κ2) is 11.3. The quantitative estimate of drug-likeness (QED) is 0.521. The standard InChI is InChI=1S/C29H41FN2O5/c1-4-20-26(35)18(2)9-7-11-28(3)24(37-28)16-22(21(30)15-19-10-5-6-14-31-19)32-25(34)17-23(33)29(27(20)36)12-8-13-29/h5-6,10,14-15,18,20,22-24,26,33,35H,4,7-9,11-13,16-17H2,1-3H3,(H,32,34)/b21-15-. The lowest BCUT2D eigenvalue weighted by atomic mass is 9.58. The third-order valence-corrected chi connectivity index (χ3v) is 8.98. The number of hydrogen-bond acceptors (Lipinski definition) is 6. The van der Waals surface area contributed by atoms with Crippen LogP contribution in [0.2, 0.25) is 0 Å². The normalized spacial score (nSPS) is 37.4. The molecule has 37 heavy (non-hydrogen) atoms. The zero-order valence-electron chi connectivity index (χ0n) is 22.2. The first-order valence-corrected chi connectivity index (χ1v) is 13.8. The number of epoxide rings is 1. The SMILES string of the molecule is CCC1C(=O)C2(CCC2)C(O)CC(=O)NC(/C(F)=C/c2ccccn2)CC2OC2(C)CCCC(C)C1O. The van der Waals surface area contributed by atoms with Gasteiger partial charge in [0.05, 0.1) is 47.5 Å². The topological polar surface area (TPSA) is 112 Å². The monoisotopic (exact) mass is 516 g/mol. The highest BCUT2D eigenvalue weighted by Gasteiger charge is 2.55. The number of aliphatic hydroxyl groups excluding tert-OH is 2. The van der Waals surface area contributed by atoms with Gasteiger partial charge in [-0.1, -0.05) is 32.8 Å². The highest BCUT2D eigenvalue weighted by atomic mass is 19.1. The molecule has 1 spiro atoms. The molecule has 1 saturated carbocycles. The Morgan fingerprint density at radius 2 is 2.00 bits per heavy atom. The van der Waals surface area contributed by atoms with Crippen molar-refractivity contribution in [3.63, 3.8) is 0 Å². The number of amides is 1. The van der Waals surface area contributed by atoms with Gasteiger partial charge in [0.1, 0.15) is 11.6 Å². The summed E-state index contributed by atoms with van der Waals surface area (Å²) in [6.07, 6.45) is 5.14. The van der Waals surface area contributed by atoms with E-state index in [2.05, 4.69) is 10.3 Å². The van der Waals surface area contributed by atoms with Crippen LogP contribution in [0.3, 0.4) is 0 Å². The first-order valence-electron chi connectivity index (χ1n) is 13.8. The van der Waals surface area contributed by atoms with E-state index in [0.29, 0.717) is 25.0 Å². The number of ketones is 1. The minimum atomic E-state index is -1.19. The lowest BCUT2D eigenvalue weighted by molar-refractivity contribution is -0.155. The van der Waals surface area contributed by atoms with Gasteiger partial charge >= 0.3 is 0 Å². The maximum absolute atomic E-state index is 15.4. The summed E-state index contributed by atoms with van der Waals surface area (Å²) in [5, 5.41) is 25.0. The molecular formula is C29H41FN2O5. The fourth-order valence-corrected chi connectivity index (χ4v) is 6.19. The van der Waals surface area contributed by atoms with Crippen molar-refractivity contribution >= 4 is 17.8 Å². The van der Waals surface area contributed by atoms with E-state index >= 15 is 4.39 Å². The van der Waals surface area contributed by atoms with Crippen molar-refractivity contribution in [3.8, 4) is 0 Å². The van der Waals surface area contributed by atoms with Crippen molar-refractivity contribution in [1.29, 1.82) is 0 Å². The van der Waals surface area contributed by atoms with Crippen LogP contribution >= 0.6 is 0 Å². The number of aliphatic hydroxyl groups is 2. The lowest BCUT2D eigenvalue weighted by Gasteiger charge is -2.46. The van der Waals surface area contributed by atoms with Crippen molar-refractivity contribution in [3.05, 3.63) is 35.9 Å². The molecule has 7 unspecified atom stereocenters. The van der Waals surface area contributed by atoms with E-state index in [1.165, 1.54) is 6.08 Å². The van der Waals surface area contributed by atoms with Gasteiger partial charge in [-0.15, -0.1) is 0 Å². The summed E-state index contributed by atoms with van der Waals surface area (Å²) in [5.41, 5.74) is -1.02. The fraction of sp³-hybridized carbons (Fsp3) is 0.690. The molecule has 1 aromatic heterocycles. The van der Waals surface area contributed by atoms with Crippen molar-refractivity contribution < 1.29 is 28.9 Å². The van der Waals surface area contributed by atoms with Gasteiger partial charge in [0, 0.05) is 18.5 Å². The predicted molar refractivity (Wildman–Crippen MR) is 138 cm³/mol. The summed E-state index contributed by atoms with van der Waals surface area (Å²) >= 11 is 0. The Labute approximate surface area is 218 Å². The van der Waals surface area contributed by atoms with Gasteiger partial charge in [-0.3, -0.25) is 14.6 Å².